The molecule has 6 atom stereocenters. The summed E-state index contributed by atoms with van der Waals surface area (Å²) in [5.74, 6) is -0.943. The van der Waals surface area contributed by atoms with Crippen LogP contribution in [0.5, 0.6) is 34.5 Å². The number of cyclic esters (lactones) is 1. The number of rotatable bonds is 18. The monoisotopic (exact) mass is 954 g/mol. The number of methoxy groups -OCH3 is 3. The number of nitrogens with one attached hydrogen (secondary N) is 1. The standard InChI is InChI=1S/C37H44N4O19P2.2Na/c1-40(10-8-37(44,61(47,48)49)62(50,51)52)9-5-11-56-26-12-20(6-7-25(26)41(45)46)17-38-39-36(43)60-33-23-16-28-27(58-19-59-28)15-22(23)31(32-24(33)18-57-35(32)42)21-13-29(53-2)34(55-4)30(14-21)54-3;;/h6-7,12-17,24,31-33,44H,5,8-11,18-19H2,1-4H3,(H,39,43)(H2,47,48,49)(H2,50,51,52);;/q;2*+1/p-2/b38-17+;;/t24-,31+,32-,33-;;/m0../s1. The van der Waals surface area contributed by atoms with Gasteiger partial charge in [0.05, 0.1) is 51.6 Å². The summed E-state index contributed by atoms with van der Waals surface area (Å²) in [5, 5.41) is 21.9. The Morgan fingerprint density at radius 3 is 2.17 bits per heavy atom. The van der Waals surface area contributed by atoms with Crippen LogP contribution in [-0.4, -0.2) is 110 Å². The average Bonchev–Trinajstić information content (AvgIpc) is 3.85. The summed E-state index contributed by atoms with van der Waals surface area (Å²) in [6, 6.07) is 10.7. The normalized spacial score (nSPS) is 21.1. The first-order chi connectivity index (χ1) is 29.3. The van der Waals surface area contributed by atoms with Gasteiger partial charge in [-0.2, -0.15) is 5.10 Å². The fraction of sp³-hybridized carbons (Fsp3) is 0.432. The summed E-state index contributed by atoms with van der Waals surface area (Å²) in [6.07, 6.45) is -1.76. The first-order valence-electron chi connectivity index (χ1n) is 18.6. The average molecular weight is 955 g/mol. The number of hydrazone groups is 1. The van der Waals surface area contributed by atoms with Crippen molar-refractivity contribution in [2.24, 2.45) is 16.9 Å². The fourth-order valence-electron chi connectivity index (χ4n) is 7.53. The number of fused-ring (bicyclic) bond motifs is 3. The van der Waals surface area contributed by atoms with Crippen LogP contribution in [0.15, 0.2) is 47.6 Å². The molecule has 2 aliphatic heterocycles. The number of nitro benzene ring substituents is 1. The fourth-order valence-corrected chi connectivity index (χ4v) is 9.58. The van der Waals surface area contributed by atoms with Crippen molar-refractivity contribution in [2.45, 2.75) is 29.9 Å². The van der Waals surface area contributed by atoms with Crippen molar-refractivity contribution in [2.75, 3.05) is 61.5 Å². The first-order valence-corrected chi connectivity index (χ1v) is 21.8. The third-order valence-electron chi connectivity index (χ3n) is 10.6. The second-order valence-electron chi connectivity index (χ2n) is 14.3. The topological polar surface area (TPSA) is 320 Å². The van der Waals surface area contributed by atoms with Gasteiger partial charge < -0.3 is 76.6 Å². The molecule has 27 heteroatoms. The minimum atomic E-state index is -5.93. The van der Waals surface area contributed by atoms with Gasteiger partial charge in [0, 0.05) is 43.0 Å². The number of ether oxygens (including phenoxy) is 8. The van der Waals surface area contributed by atoms with Crippen molar-refractivity contribution >= 4 is 39.2 Å². The van der Waals surface area contributed by atoms with Gasteiger partial charge in [-0.15, -0.1) is 0 Å². The number of hydrogen-bond donors (Lipinski definition) is 4. The maximum atomic E-state index is 13.5. The number of carbonyl (C=O) groups excluding carboxylic acids is 2. The Balaban J connectivity index is 0.00000449. The number of hydrogen-bond acceptors (Lipinski definition) is 19. The van der Waals surface area contributed by atoms with Gasteiger partial charge in [0.2, 0.25) is 12.5 Å². The molecule has 3 aliphatic rings. The van der Waals surface area contributed by atoms with Crippen LogP contribution in [0.2, 0.25) is 0 Å². The molecule has 1 amide bonds. The van der Waals surface area contributed by atoms with Crippen LogP contribution in [0.3, 0.4) is 0 Å². The predicted molar refractivity (Wildman–Crippen MR) is 208 cm³/mol. The Labute approximate surface area is 409 Å². The molecule has 1 saturated heterocycles. The van der Waals surface area contributed by atoms with Gasteiger partial charge in [-0.1, -0.05) is 0 Å². The van der Waals surface area contributed by atoms with Gasteiger partial charge in [0.25, 0.3) is 0 Å². The van der Waals surface area contributed by atoms with Gasteiger partial charge in [-0.25, -0.2) is 10.2 Å². The number of carbonyl (C=O) groups is 2. The summed E-state index contributed by atoms with van der Waals surface area (Å²) in [6.45, 7) is -0.556. The van der Waals surface area contributed by atoms with Crippen LogP contribution < -0.4 is 103 Å². The summed E-state index contributed by atoms with van der Waals surface area (Å²) in [4.78, 5) is 80.6. The van der Waals surface area contributed by atoms with Crippen molar-refractivity contribution in [3.8, 4) is 34.5 Å². The molecule has 0 spiro atoms. The van der Waals surface area contributed by atoms with Crippen LogP contribution >= 0.6 is 15.2 Å². The first kappa shape index (κ1) is 53.1. The molecule has 1 aliphatic carbocycles. The molecule has 23 nitrogen and oxygen atoms in total. The third kappa shape index (κ3) is 11.2. The smallest absolute Gasteiger partial charge is 0.776 e. The Morgan fingerprint density at radius 2 is 1.59 bits per heavy atom. The summed E-state index contributed by atoms with van der Waals surface area (Å²) < 4.78 is 68.1. The number of nitrogens with zero attached hydrogens (tertiary/aromatic N) is 3. The Morgan fingerprint density at radius 1 is 0.969 bits per heavy atom. The maximum Gasteiger partial charge on any atom is 1.00 e. The molecule has 0 saturated carbocycles. The molecule has 2 unspecified atom stereocenters. The zero-order valence-corrected chi connectivity index (χ0v) is 41.3. The molecule has 64 heavy (non-hydrogen) atoms. The molecule has 336 valence electrons. The second-order valence-corrected chi connectivity index (χ2v) is 18.3. The second kappa shape index (κ2) is 21.9. The molecule has 2 heterocycles. The van der Waals surface area contributed by atoms with E-state index in [9.17, 15) is 53.5 Å². The predicted octanol–water partition coefficient (Wildman–Crippen LogP) is -4.08. The van der Waals surface area contributed by atoms with Crippen LogP contribution in [-0.2, 0) is 23.4 Å². The van der Waals surface area contributed by atoms with Crippen molar-refractivity contribution in [3.63, 3.8) is 0 Å². The van der Waals surface area contributed by atoms with Crippen LogP contribution in [0, 0.1) is 22.0 Å². The Bertz CT molecular complexity index is 2300. The van der Waals surface area contributed by atoms with Crippen molar-refractivity contribution < 1.29 is 145 Å². The molecular weight excluding hydrogens is 912 g/mol. The van der Waals surface area contributed by atoms with E-state index in [1.807, 2.05) is 0 Å². The van der Waals surface area contributed by atoms with Crippen molar-refractivity contribution in [1.82, 2.24) is 10.3 Å². The van der Waals surface area contributed by atoms with Crippen LogP contribution in [0.1, 0.15) is 47.1 Å². The molecule has 0 radical (unpaired) electrons. The summed E-state index contributed by atoms with van der Waals surface area (Å²) in [7, 11) is -6.02. The molecule has 1 fully saturated rings. The molecular formula is C37H42N4Na2O19P2. The molecule has 0 aromatic heterocycles. The maximum absolute atomic E-state index is 13.5. The van der Waals surface area contributed by atoms with Gasteiger partial charge in [-0.05, 0) is 66.6 Å². The number of amides is 1. The third-order valence-corrected chi connectivity index (χ3v) is 14.4. The summed E-state index contributed by atoms with van der Waals surface area (Å²) in [5.41, 5.74) is 3.88. The van der Waals surface area contributed by atoms with E-state index in [4.69, 9.17) is 37.9 Å². The van der Waals surface area contributed by atoms with E-state index in [1.165, 1.54) is 51.6 Å². The van der Waals surface area contributed by atoms with Crippen molar-refractivity contribution in [3.05, 3.63) is 74.8 Å². The summed E-state index contributed by atoms with van der Waals surface area (Å²) >= 11 is 0. The Kier molecular flexibility index (Phi) is 18.1. The minimum Gasteiger partial charge on any atom is -0.776 e. The van der Waals surface area contributed by atoms with Gasteiger partial charge in [-0.3, -0.25) is 14.9 Å². The molecule has 3 aromatic rings. The SMILES string of the molecule is COc1cc([C@@H]2c3cc4c(cc3[C@H](OC(=O)N/N=C/c3ccc([N+](=O)[O-])c(OCCCN(C)CCC(O)(P(=O)([O-])O)P(=O)([O-])O)c3)[C@H]3COC(=O)[C@H]23)OCO4)cc(OC)c1OC.[Na+].[Na+]. The van der Waals surface area contributed by atoms with E-state index in [-0.39, 0.29) is 103 Å². The van der Waals surface area contributed by atoms with Crippen LogP contribution in [0.25, 0.3) is 0 Å². The van der Waals surface area contributed by atoms with E-state index in [1.54, 1.807) is 24.3 Å². The number of aliphatic hydroxyl groups is 1. The molecule has 4 N–H and O–H groups in total. The molecule has 0 bridgehead atoms. The molecule has 3 aromatic carbocycles. The number of esters is 1. The number of benzene rings is 3. The van der Waals surface area contributed by atoms with E-state index in [2.05, 4.69) is 10.5 Å². The minimum absolute atomic E-state index is 0. The van der Waals surface area contributed by atoms with E-state index in [0.29, 0.717) is 45.4 Å². The quantitative estimate of drug-likeness (QED) is 0.0179. The van der Waals surface area contributed by atoms with Gasteiger partial charge >= 0.3 is 76.9 Å². The van der Waals surface area contributed by atoms with E-state index >= 15 is 0 Å². The zero-order chi connectivity index (χ0) is 45.1. The van der Waals surface area contributed by atoms with Crippen molar-refractivity contribution in [1.29, 1.82) is 0 Å². The number of nitro groups is 1. The van der Waals surface area contributed by atoms with Gasteiger partial charge in [0.1, 0.15) is 6.10 Å². The largest absolute Gasteiger partial charge is 1.00 e. The zero-order valence-electron chi connectivity index (χ0n) is 35.5. The van der Waals surface area contributed by atoms with Crippen LogP contribution in [0.4, 0.5) is 10.5 Å². The van der Waals surface area contributed by atoms with E-state index < -0.39 is 79.8 Å². The molecule has 6 rings (SSSR count). The van der Waals surface area contributed by atoms with Gasteiger partial charge in [0.15, 0.2) is 49.0 Å². The Hall–Kier alpha value is -3.51. The van der Waals surface area contributed by atoms with E-state index in [0.717, 1.165) is 6.07 Å².